The van der Waals surface area contributed by atoms with E-state index < -0.39 is 0 Å². The fourth-order valence-electron chi connectivity index (χ4n) is 2.79. The average Bonchev–Trinajstić information content (AvgIpc) is 3.10. The topological polar surface area (TPSA) is 41.6 Å². The molecule has 0 aromatic carbocycles. The van der Waals surface area contributed by atoms with Crippen LogP contribution in [0.4, 0.5) is 0 Å². The molecule has 5 heteroatoms. The summed E-state index contributed by atoms with van der Waals surface area (Å²) in [7, 11) is 0. The summed E-state index contributed by atoms with van der Waals surface area (Å²) < 4.78 is 5.52. The van der Waals surface area contributed by atoms with Gasteiger partial charge in [-0.05, 0) is 42.7 Å². The molecule has 1 aromatic heterocycles. The highest BCUT2D eigenvalue weighted by atomic mass is 32.1. The van der Waals surface area contributed by atoms with Crippen LogP contribution >= 0.6 is 11.3 Å². The third-order valence-corrected chi connectivity index (χ3v) is 4.63. The molecule has 1 saturated heterocycles. The fraction of sp³-hybridized carbons (Fsp3) is 0.688. The van der Waals surface area contributed by atoms with Crippen LogP contribution in [0.3, 0.4) is 0 Å². The molecule has 0 saturated carbocycles. The first-order chi connectivity index (χ1) is 10.2. The zero-order valence-corrected chi connectivity index (χ0v) is 14.0. The SMILES string of the molecule is CCCCC1NC(c2ccsc2)N(C(C)COCC)C1=O. The molecule has 1 amide bonds. The third kappa shape index (κ3) is 3.84. The number of hydrogen-bond acceptors (Lipinski definition) is 4. The van der Waals surface area contributed by atoms with Gasteiger partial charge in [0.15, 0.2) is 0 Å². The quantitative estimate of drug-likeness (QED) is 0.802. The van der Waals surface area contributed by atoms with Crippen molar-refractivity contribution in [1.82, 2.24) is 10.2 Å². The Morgan fingerprint density at radius 1 is 1.48 bits per heavy atom. The minimum Gasteiger partial charge on any atom is -0.380 e. The average molecular weight is 310 g/mol. The summed E-state index contributed by atoms with van der Waals surface area (Å²) in [6.45, 7) is 7.48. The van der Waals surface area contributed by atoms with E-state index in [-0.39, 0.29) is 24.2 Å². The molecular weight excluding hydrogens is 284 g/mol. The van der Waals surface area contributed by atoms with Gasteiger partial charge >= 0.3 is 0 Å². The second kappa shape index (κ2) is 7.92. The Labute approximate surface area is 131 Å². The van der Waals surface area contributed by atoms with Crippen LogP contribution in [0.2, 0.25) is 0 Å². The van der Waals surface area contributed by atoms with Gasteiger partial charge in [0.2, 0.25) is 5.91 Å². The van der Waals surface area contributed by atoms with Crippen LogP contribution in [0.15, 0.2) is 16.8 Å². The second-order valence-electron chi connectivity index (χ2n) is 5.57. The van der Waals surface area contributed by atoms with Crippen LogP contribution in [0.5, 0.6) is 0 Å². The lowest BCUT2D eigenvalue weighted by molar-refractivity contribution is -0.133. The summed E-state index contributed by atoms with van der Waals surface area (Å²) >= 11 is 1.67. The molecule has 0 bridgehead atoms. The lowest BCUT2D eigenvalue weighted by atomic mass is 10.1. The Bertz CT molecular complexity index is 435. The molecule has 1 aliphatic heterocycles. The summed E-state index contributed by atoms with van der Waals surface area (Å²) in [5.41, 5.74) is 1.18. The van der Waals surface area contributed by atoms with Gasteiger partial charge in [0.25, 0.3) is 0 Å². The molecule has 0 aliphatic carbocycles. The molecule has 1 aromatic rings. The molecule has 1 aliphatic rings. The van der Waals surface area contributed by atoms with Crippen molar-refractivity contribution in [2.75, 3.05) is 13.2 Å². The van der Waals surface area contributed by atoms with Crippen molar-refractivity contribution in [3.8, 4) is 0 Å². The number of rotatable bonds is 8. The molecular formula is C16H26N2O2S. The number of unbranched alkanes of at least 4 members (excludes halogenated alkanes) is 1. The van der Waals surface area contributed by atoms with E-state index in [4.69, 9.17) is 4.74 Å². The van der Waals surface area contributed by atoms with Crippen LogP contribution in [-0.4, -0.2) is 36.1 Å². The molecule has 3 unspecified atom stereocenters. The van der Waals surface area contributed by atoms with Crippen LogP contribution in [-0.2, 0) is 9.53 Å². The van der Waals surface area contributed by atoms with E-state index in [1.165, 1.54) is 5.56 Å². The Hall–Kier alpha value is -0.910. The highest BCUT2D eigenvalue weighted by Gasteiger charge is 2.41. The smallest absolute Gasteiger partial charge is 0.241 e. The monoisotopic (exact) mass is 310 g/mol. The van der Waals surface area contributed by atoms with E-state index in [2.05, 4.69) is 36.0 Å². The first-order valence-electron chi connectivity index (χ1n) is 7.87. The van der Waals surface area contributed by atoms with Crippen LogP contribution < -0.4 is 5.32 Å². The minimum atomic E-state index is -0.0565. The molecule has 0 radical (unpaired) electrons. The van der Waals surface area contributed by atoms with Crippen molar-refractivity contribution in [2.45, 2.75) is 58.3 Å². The van der Waals surface area contributed by atoms with E-state index >= 15 is 0 Å². The number of nitrogens with zero attached hydrogens (tertiary/aromatic N) is 1. The Morgan fingerprint density at radius 2 is 2.29 bits per heavy atom. The minimum absolute atomic E-state index is 0.0129. The van der Waals surface area contributed by atoms with Gasteiger partial charge in [-0.1, -0.05) is 19.8 Å². The van der Waals surface area contributed by atoms with Gasteiger partial charge in [-0.2, -0.15) is 11.3 Å². The maximum Gasteiger partial charge on any atom is 0.241 e. The molecule has 4 nitrogen and oxygen atoms in total. The highest BCUT2D eigenvalue weighted by Crippen LogP contribution is 2.30. The molecule has 0 spiro atoms. The van der Waals surface area contributed by atoms with Crippen LogP contribution in [0.1, 0.15) is 51.8 Å². The van der Waals surface area contributed by atoms with Crippen molar-refractivity contribution in [3.63, 3.8) is 0 Å². The van der Waals surface area contributed by atoms with E-state index in [0.29, 0.717) is 13.2 Å². The molecule has 1 fully saturated rings. The molecule has 2 rings (SSSR count). The van der Waals surface area contributed by atoms with Gasteiger partial charge in [0, 0.05) is 6.61 Å². The van der Waals surface area contributed by atoms with Crippen molar-refractivity contribution in [3.05, 3.63) is 22.4 Å². The number of ether oxygens (including phenoxy) is 1. The molecule has 2 heterocycles. The molecule has 21 heavy (non-hydrogen) atoms. The number of amides is 1. The van der Waals surface area contributed by atoms with Gasteiger partial charge in [-0.25, -0.2) is 0 Å². The number of carbonyl (C=O) groups is 1. The van der Waals surface area contributed by atoms with Crippen LogP contribution in [0.25, 0.3) is 0 Å². The normalized spacial score (nSPS) is 23.8. The Kier molecular flexibility index (Phi) is 6.21. The van der Waals surface area contributed by atoms with Gasteiger partial charge < -0.3 is 9.64 Å². The van der Waals surface area contributed by atoms with E-state index in [9.17, 15) is 4.79 Å². The predicted molar refractivity (Wildman–Crippen MR) is 86.3 cm³/mol. The van der Waals surface area contributed by atoms with Crippen LogP contribution in [0, 0.1) is 0 Å². The first-order valence-corrected chi connectivity index (χ1v) is 8.81. The number of thiophene rings is 1. The van der Waals surface area contributed by atoms with Gasteiger partial charge in [-0.3, -0.25) is 10.1 Å². The Morgan fingerprint density at radius 3 is 2.90 bits per heavy atom. The van der Waals surface area contributed by atoms with E-state index in [1.54, 1.807) is 11.3 Å². The lowest BCUT2D eigenvalue weighted by Gasteiger charge is -2.29. The van der Waals surface area contributed by atoms with E-state index in [0.717, 1.165) is 19.3 Å². The summed E-state index contributed by atoms with van der Waals surface area (Å²) in [6, 6.07) is 2.12. The maximum atomic E-state index is 12.7. The zero-order valence-electron chi connectivity index (χ0n) is 13.2. The standard InChI is InChI=1S/C16H26N2O2S/c1-4-6-7-14-16(19)18(12(3)10-20-5-2)15(17-14)13-8-9-21-11-13/h8-9,11-12,14-15,17H,4-7,10H2,1-3H3. The van der Waals surface area contributed by atoms with Crippen molar-refractivity contribution in [2.24, 2.45) is 0 Å². The fourth-order valence-corrected chi connectivity index (χ4v) is 3.47. The highest BCUT2D eigenvalue weighted by molar-refractivity contribution is 7.07. The third-order valence-electron chi connectivity index (χ3n) is 3.93. The summed E-state index contributed by atoms with van der Waals surface area (Å²) in [4.78, 5) is 14.7. The first kappa shape index (κ1) is 16.5. The predicted octanol–water partition coefficient (Wildman–Crippen LogP) is 3.16. The largest absolute Gasteiger partial charge is 0.380 e. The van der Waals surface area contributed by atoms with E-state index in [1.807, 2.05) is 11.8 Å². The van der Waals surface area contributed by atoms with Crippen molar-refractivity contribution < 1.29 is 9.53 Å². The molecule has 1 N–H and O–H groups in total. The number of nitrogens with one attached hydrogen (secondary N) is 1. The summed E-state index contributed by atoms with van der Waals surface area (Å²) in [5.74, 6) is 0.215. The number of carbonyl (C=O) groups excluding carboxylic acids is 1. The van der Waals surface area contributed by atoms with Crippen molar-refractivity contribution >= 4 is 17.2 Å². The molecule has 3 atom stereocenters. The summed E-state index contributed by atoms with van der Waals surface area (Å²) in [5, 5.41) is 7.69. The van der Waals surface area contributed by atoms with Gasteiger partial charge in [0.1, 0.15) is 6.17 Å². The zero-order chi connectivity index (χ0) is 15.2. The summed E-state index contributed by atoms with van der Waals surface area (Å²) in [6.07, 6.45) is 3.09. The van der Waals surface area contributed by atoms with Crippen molar-refractivity contribution in [1.29, 1.82) is 0 Å². The second-order valence-corrected chi connectivity index (χ2v) is 6.35. The van der Waals surface area contributed by atoms with Gasteiger partial charge in [0.05, 0.1) is 18.7 Å². The Balaban J connectivity index is 2.13. The number of hydrogen-bond donors (Lipinski definition) is 1. The lowest BCUT2D eigenvalue weighted by Crippen LogP contribution is -2.41. The molecule has 118 valence electrons. The van der Waals surface area contributed by atoms with Gasteiger partial charge in [-0.15, -0.1) is 0 Å². The maximum absolute atomic E-state index is 12.7.